The van der Waals surface area contributed by atoms with Crippen molar-refractivity contribution in [1.29, 1.82) is 0 Å². The van der Waals surface area contributed by atoms with Crippen LogP contribution in [-0.4, -0.2) is 37.8 Å². The van der Waals surface area contributed by atoms with E-state index < -0.39 is 0 Å². The van der Waals surface area contributed by atoms with Crippen LogP contribution in [-0.2, 0) is 11.2 Å². The maximum atomic E-state index is 5.80. The average molecular weight is 303 g/mol. The molecule has 1 aliphatic heterocycles. The first-order valence-electron chi connectivity index (χ1n) is 8.33. The summed E-state index contributed by atoms with van der Waals surface area (Å²) in [6, 6.07) is 8.53. The maximum Gasteiger partial charge on any atom is 0.191 e. The van der Waals surface area contributed by atoms with E-state index in [1.807, 2.05) is 0 Å². The van der Waals surface area contributed by atoms with Crippen molar-refractivity contribution in [2.45, 2.75) is 45.6 Å². The van der Waals surface area contributed by atoms with Gasteiger partial charge < -0.3 is 15.4 Å². The number of ether oxygens (including phenoxy) is 1. The molecule has 4 heteroatoms. The molecule has 1 aromatic carbocycles. The van der Waals surface area contributed by atoms with E-state index >= 15 is 0 Å². The van der Waals surface area contributed by atoms with Crippen LogP contribution in [0.25, 0.3) is 0 Å². The molecule has 122 valence electrons. The van der Waals surface area contributed by atoms with Gasteiger partial charge in [0.15, 0.2) is 5.96 Å². The molecule has 0 bridgehead atoms. The van der Waals surface area contributed by atoms with Gasteiger partial charge in [0.2, 0.25) is 0 Å². The molecule has 0 radical (unpaired) electrons. The number of guanidine groups is 1. The minimum Gasteiger partial charge on any atom is -0.373 e. The highest BCUT2D eigenvalue weighted by Gasteiger charge is 2.29. The van der Waals surface area contributed by atoms with Crippen LogP contribution < -0.4 is 10.6 Å². The van der Waals surface area contributed by atoms with Crippen LogP contribution in [0, 0.1) is 6.92 Å². The number of aliphatic imine (C=N–C) groups is 1. The Balaban J connectivity index is 1.84. The van der Waals surface area contributed by atoms with E-state index in [1.165, 1.54) is 11.1 Å². The molecule has 0 aliphatic carbocycles. The monoisotopic (exact) mass is 303 g/mol. The van der Waals surface area contributed by atoms with Gasteiger partial charge in [0.25, 0.3) is 0 Å². The predicted molar refractivity (Wildman–Crippen MR) is 92.5 cm³/mol. The maximum absolute atomic E-state index is 5.80. The van der Waals surface area contributed by atoms with Crippen LogP contribution in [0.1, 0.15) is 37.8 Å². The zero-order valence-electron chi connectivity index (χ0n) is 14.1. The molecule has 2 N–H and O–H groups in total. The van der Waals surface area contributed by atoms with E-state index in [4.69, 9.17) is 9.73 Å². The Hall–Kier alpha value is -1.55. The Kier molecular flexibility index (Phi) is 6.25. The first-order valence-corrected chi connectivity index (χ1v) is 8.33. The minimum absolute atomic E-state index is 0.0850. The molecule has 1 saturated heterocycles. The highest BCUT2D eigenvalue weighted by atomic mass is 16.5. The fraction of sp³-hybridized carbons (Fsp3) is 0.611. The Labute approximate surface area is 134 Å². The zero-order chi connectivity index (χ0) is 15.8. The molecule has 1 atom stereocenters. The lowest BCUT2D eigenvalue weighted by atomic mass is 10.0. The molecule has 1 aromatic rings. The Morgan fingerprint density at radius 2 is 2.14 bits per heavy atom. The Morgan fingerprint density at radius 3 is 2.82 bits per heavy atom. The highest BCUT2D eigenvalue weighted by molar-refractivity contribution is 5.79. The fourth-order valence-electron chi connectivity index (χ4n) is 2.76. The largest absolute Gasteiger partial charge is 0.373 e. The molecule has 0 saturated carbocycles. The van der Waals surface area contributed by atoms with Crippen LogP contribution in [0.4, 0.5) is 0 Å². The first-order chi connectivity index (χ1) is 10.6. The van der Waals surface area contributed by atoms with E-state index in [0.717, 1.165) is 44.9 Å². The fourth-order valence-corrected chi connectivity index (χ4v) is 2.76. The average Bonchev–Trinajstić information content (AvgIpc) is 2.94. The third-order valence-electron chi connectivity index (χ3n) is 4.16. The van der Waals surface area contributed by atoms with Gasteiger partial charge in [-0.25, -0.2) is 0 Å². The number of aryl methyl sites for hydroxylation is 1. The van der Waals surface area contributed by atoms with Crippen LogP contribution in [0.3, 0.4) is 0 Å². The molecular weight excluding hydrogens is 274 g/mol. The number of hydrogen-bond acceptors (Lipinski definition) is 2. The minimum atomic E-state index is -0.0850. The molecule has 4 nitrogen and oxygen atoms in total. The van der Waals surface area contributed by atoms with E-state index in [1.54, 1.807) is 0 Å². The lowest BCUT2D eigenvalue weighted by Crippen LogP contribution is -2.40. The number of nitrogens with zero attached hydrogens (tertiary/aromatic N) is 1. The molecule has 1 fully saturated rings. The summed E-state index contributed by atoms with van der Waals surface area (Å²) in [5.74, 6) is 0.882. The molecule has 1 unspecified atom stereocenters. The molecule has 1 heterocycles. The summed E-state index contributed by atoms with van der Waals surface area (Å²) in [5.41, 5.74) is 2.65. The second-order valence-electron chi connectivity index (χ2n) is 6.20. The van der Waals surface area contributed by atoms with Crippen molar-refractivity contribution in [2.75, 3.05) is 26.2 Å². The summed E-state index contributed by atoms with van der Waals surface area (Å²) >= 11 is 0. The lowest BCUT2D eigenvalue weighted by Gasteiger charge is -2.21. The molecule has 2 rings (SSSR count). The number of rotatable bonds is 6. The second-order valence-corrected chi connectivity index (χ2v) is 6.20. The summed E-state index contributed by atoms with van der Waals surface area (Å²) in [6.07, 6.45) is 3.24. The van der Waals surface area contributed by atoms with E-state index in [0.29, 0.717) is 6.54 Å². The van der Waals surface area contributed by atoms with E-state index in [9.17, 15) is 0 Å². The number of benzene rings is 1. The molecule has 0 aromatic heterocycles. The SMILES string of the molecule is CCNC(=NCC1(C)CCCO1)NCCc1ccccc1C. The standard InChI is InChI=1S/C18H29N3O/c1-4-19-17(21-14-18(3)11-7-13-22-18)20-12-10-16-9-6-5-8-15(16)2/h5-6,8-9H,4,7,10-14H2,1-3H3,(H2,19,20,21). The number of hydrogen-bond donors (Lipinski definition) is 2. The van der Waals surface area contributed by atoms with Crippen molar-refractivity contribution in [2.24, 2.45) is 4.99 Å². The molecule has 22 heavy (non-hydrogen) atoms. The molecule has 0 spiro atoms. The normalized spacial score (nSPS) is 21.9. The van der Waals surface area contributed by atoms with Gasteiger partial charge in [-0.2, -0.15) is 0 Å². The molecule has 0 amide bonds. The van der Waals surface area contributed by atoms with Crippen molar-refractivity contribution in [3.05, 3.63) is 35.4 Å². The Morgan fingerprint density at radius 1 is 1.32 bits per heavy atom. The summed E-state index contributed by atoms with van der Waals surface area (Å²) in [4.78, 5) is 4.69. The van der Waals surface area contributed by atoms with Crippen molar-refractivity contribution in [3.63, 3.8) is 0 Å². The van der Waals surface area contributed by atoms with Crippen molar-refractivity contribution in [1.82, 2.24) is 10.6 Å². The van der Waals surface area contributed by atoms with Gasteiger partial charge in [-0.1, -0.05) is 24.3 Å². The van der Waals surface area contributed by atoms with Crippen molar-refractivity contribution < 1.29 is 4.74 Å². The van der Waals surface area contributed by atoms with Gasteiger partial charge in [-0.15, -0.1) is 0 Å². The summed E-state index contributed by atoms with van der Waals surface area (Å²) < 4.78 is 5.80. The summed E-state index contributed by atoms with van der Waals surface area (Å²) in [5, 5.41) is 6.73. The van der Waals surface area contributed by atoms with Gasteiger partial charge in [0.05, 0.1) is 12.1 Å². The Bertz CT molecular complexity index is 493. The highest BCUT2D eigenvalue weighted by Crippen LogP contribution is 2.24. The quantitative estimate of drug-likeness (QED) is 0.627. The van der Waals surface area contributed by atoms with Gasteiger partial charge in [0.1, 0.15) is 0 Å². The van der Waals surface area contributed by atoms with E-state index in [2.05, 4.69) is 55.7 Å². The lowest BCUT2D eigenvalue weighted by molar-refractivity contribution is 0.0283. The zero-order valence-corrected chi connectivity index (χ0v) is 14.1. The van der Waals surface area contributed by atoms with Crippen LogP contribution in [0.2, 0.25) is 0 Å². The van der Waals surface area contributed by atoms with Crippen molar-refractivity contribution >= 4 is 5.96 Å². The van der Waals surface area contributed by atoms with E-state index in [-0.39, 0.29) is 5.60 Å². The smallest absolute Gasteiger partial charge is 0.191 e. The van der Waals surface area contributed by atoms with Crippen molar-refractivity contribution in [3.8, 4) is 0 Å². The predicted octanol–water partition coefficient (Wildman–Crippen LogP) is 2.66. The summed E-state index contributed by atoms with van der Waals surface area (Å²) in [6.45, 7) is 9.73. The third kappa shape index (κ3) is 5.02. The first kappa shape index (κ1) is 16.8. The third-order valence-corrected chi connectivity index (χ3v) is 4.16. The molecule has 1 aliphatic rings. The van der Waals surface area contributed by atoms with Gasteiger partial charge in [-0.05, 0) is 51.2 Å². The van der Waals surface area contributed by atoms with Crippen LogP contribution in [0.15, 0.2) is 29.3 Å². The topological polar surface area (TPSA) is 45.7 Å². The number of nitrogens with one attached hydrogen (secondary N) is 2. The molecular formula is C18H29N3O. The van der Waals surface area contributed by atoms with Gasteiger partial charge in [0, 0.05) is 19.7 Å². The summed E-state index contributed by atoms with van der Waals surface area (Å²) in [7, 11) is 0. The van der Waals surface area contributed by atoms with Crippen LogP contribution >= 0.6 is 0 Å². The van der Waals surface area contributed by atoms with Gasteiger partial charge >= 0.3 is 0 Å². The van der Waals surface area contributed by atoms with Crippen LogP contribution in [0.5, 0.6) is 0 Å². The van der Waals surface area contributed by atoms with Gasteiger partial charge in [-0.3, -0.25) is 4.99 Å². The second kappa shape index (κ2) is 8.18.